The van der Waals surface area contributed by atoms with Gasteiger partial charge in [-0.1, -0.05) is 85.2 Å². The van der Waals surface area contributed by atoms with Gasteiger partial charge in [0.15, 0.2) is 0 Å². The molecule has 0 unspecified atom stereocenters. The Morgan fingerprint density at radius 3 is 2.67 bits per heavy atom. The monoisotopic (exact) mass is 678 g/mol. The van der Waals surface area contributed by atoms with Crippen LogP contribution in [0, 0.1) is 17.8 Å². The van der Waals surface area contributed by atoms with Crippen molar-refractivity contribution in [2.45, 2.75) is 102 Å². The third kappa shape index (κ3) is 16.2. The van der Waals surface area contributed by atoms with Crippen LogP contribution >= 0.6 is 0 Å². The van der Waals surface area contributed by atoms with E-state index in [-0.39, 0.29) is 31.2 Å². The summed E-state index contributed by atoms with van der Waals surface area (Å²) >= 11 is 0. The zero-order valence-corrected chi connectivity index (χ0v) is 29.4. The second-order valence-corrected chi connectivity index (χ2v) is 12.7. The SMILES string of the molecule is C=C(C[C@H](C)C[C@@H]1CC=C[C@@H](CC#CC(=O)O)O1)C[C@@H](/C=C/C[C@H](O)[C@H](/C=C/[C@@H]1CC(C)=CCO1)OCc1ccc(OC)cc1)OCOC. The molecule has 0 spiro atoms. The summed E-state index contributed by atoms with van der Waals surface area (Å²) in [5.74, 6) is 4.78. The summed E-state index contributed by atoms with van der Waals surface area (Å²) in [4.78, 5) is 10.7. The number of aliphatic hydroxyl groups is 1. The summed E-state index contributed by atoms with van der Waals surface area (Å²) in [7, 11) is 3.22. The van der Waals surface area contributed by atoms with Gasteiger partial charge in [0, 0.05) is 19.5 Å². The van der Waals surface area contributed by atoms with Gasteiger partial charge in [0.1, 0.15) is 18.6 Å². The zero-order valence-electron chi connectivity index (χ0n) is 29.4. The van der Waals surface area contributed by atoms with E-state index in [1.54, 1.807) is 14.2 Å². The third-order valence-corrected chi connectivity index (χ3v) is 8.30. The highest BCUT2D eigenvalue weighted by Gasteiger charge is 2.22. The molecule has 268 valence electrons. The van der Waals surface area contributed by atoms with E-state index in [0.29, 0.717) is 38.4 Å². The molecule has 0 radical (unpaired) electrons. The maximum Gasteiger partial charge on any atom is 0.381 e. The van der Waals surface area contributed by atoms with E-state index in [1.165, 1.54) is 5.57 Å². The second-order valence-electron chi connectivity index (χ2n) is 12.7. The van der Waals surface area contributed by atoms with Crippen molar-refractivity contribution in [1.29, 1.82) is 0 Å². The van der Waals surface area contributed by atoms with Crippen LogP contribution in [0.5, 0.6) is 5.75 Å². The maximum atomic E-state index is 11.3. The van der Waals surface area contributed by atoms with Crippen LogP contribution in [0.15, 0.2) is 84.5 Å². The minimum Gasteiger partial charge on any atom is -0.497 e. The van der Waals surface area contributed by atoms with Gasteiger partial charge < -0.3 is 38.6 Å². The Balaban J connectivity index is 1.54. The molecule has 1 aromatic rings. The summed E-state index contributed by atoms with van der Waals surface area (Å²) in [5, 5.41) is 20.0. The predicted octanol–water partition coefficient (Wildman–Crippen LogP) is 6.72. The normalized spacial score (nSPS) is 21.8. The van der Waals surface area contributed by atoms with Gasteiger partial charge in [-0.2, -0.15) is 0 Å². The van der Waals surface area contributed by atoms with Crippen LogP contribution in [0.2, 0.25) is 0 Å². The van der Waals surface area contributed by atoms with Crippen molar-refractivity contribution in [3.8, 4) is 17.6 Å². The van der Waals surface area contributed by atoms with Gasteiger partial charge in [-0.15, -0.1) is 0 Å². The number of hydrogen-bond donors (Lipinski definition) is 2. The Hall–Kier alpha value is -3.49. The van der Waals surface area contributed by atoms with Crippen LogP contribution in [0.4, 0.5) is 0 Å². The summed E-state index contributed by atoms with van der Waals surface area (Å²) in [6.07, 6.45) is 16.7. The lowest BCUT2D eigenvalue weighted by Crippen LogP contribution is -2.27. The quantitative estimate of drug-likeness (QED) is 0.0882. The highest BCUT2D eigenvalue weighted by atomic mass is 16.7. The first kappa shape index (κ1) is 39.9. The van der Waals surface area contributed by atoms with E-state index in [0.717, 1.165) is 42.6 Å². The van der Waals surface area contributed by atoms with Crippen molar-refractivity contribution in [1.82, 2.24) is 0 Å². The van der Waals surface area contributed by atoms with Crippen molar-refractivity contribution in [3.63, 3.8) is 0 Å². The molecule has 2 N–H and O–H groups in total. The molecule has 9 heteroatoms. The fraction of sp³-hybridized carbons (Fsp3) is 0.525. The number of benzene rings is 1. The first-order valence-electron chi connectivity index (χ1n) is 17.0. The molecular formula is C40H54O9. The molecule has 0 fully saturated rings. The highest BCUT2D eigenvalue weighted by Crippen LogP contribution is 2.26. The number of rotatable bonds is 20. The Labute approximate surface area is 292 Å². The molecule has 0 saturated heterocycles. The van der Waals surface area contributed by atoms with Crippen molar-refractivity contribution in [2.75, 3.05) is 27.6 Å². The number of aliphatic carboxylic acids is 1. The summed E-state index contributed by atoms with van der Waals surface area (Å²) in [5.41, 5.74) is 3.31. The summed E-state index contributed by atoms with van der Waals surface area (Å²) in [6, 6.07) is 7.68. The molecule has 0 bridgehead atoms. The smallest absolute Gasteiger partial charge is 0.381 e. The molecule has 0 aromatic heterocycles. The van der Waals surface area contributed by atoms with Crippen LogP contribution < -0.4 is 4.74 Å². The fourth-order valence-corrected chi connectivity index (χ4v) is 5.80. The molecule has 9 nitrogen and oxygen atoms in total. The van der Waals surface area contributed by atoms with Crippen molar-refractivity contribution < 1.29 is 43.4 Å². The number of methoxy groups -OCH3 is 2. The topological polar surface area (TPSA) is 113 Å². The highest BCUT2D eigenvalue weighted by molar-refractivity contribution is 5.86. The number of ether oxygens (including phenoxy) is 6. The number of carboxylic acid groups (broad SMARTS) is 1. The van der Waals surface area contributed by atoms with Gasteiger partial charge in [0.05, 0.1) is 50.8 Å². The molecule has 2 aliphatic rings. The molecule has 2 heterocycles. The van der Waals surface area contributed by atoms with Gasteiger partial charge >= 0.3 is 5.97 Å². The van der Waals surface area contributed by atoms with Crippen molar-refractivity contribution >= 4 is 5.97 Å². The summed E-state index contributed by atoms with van der Waals surface area (Å²) < 4.78 is 34.6. The Morgan fingerprint density at radius 2 is 1.96 bits per heavy atom. The molecule has 7 atom stereocenters. The average Bonchev–Trinajstić information content (AvgIpc) is 3.07. The molecule has 1 aromatic carbocycles. The van der Waals surface area contributed by atoms with Crippen LogP contribution in [0.1, 0.15) is 64.4 Å². The zero-order chi connectivity index (χ0) is 35.4. The van der Waals surface area contributed by atoms with Gasteiger partial charge in [0.25, 0.3) is 0 Å². The molecule has 0 amide bonds. The van der Waals surface area contributed by atoms with Crippen molar-refractivity contribution in [3.05, 3.63) is 90.1 Å². The summed E-state index contributed by atoms with van der Waals surface area (Å²) in [6.45, 7) is 9.66. The van der Waals surface area contributed by atoms with Crippen LogP contribution in [0.25, 0.3) is 0 Å². The Morgan fingerprint density at radius 1 is 1.16 bits per heavy atom. The molecule has 0 saturated carbocycles. The lowest BCUT2D eigenvalue weighted by molar-refractivity contribution is -0.130. The van der Waals surface area contributed by atoms with Crippen molar-refractivity contribution in [2.24, 2.45) is 5.92 Å². The van der Waals surface area contributed by atoms with Gasteiger partial charge in [-0.05, 0) is 69.1 Å². The molecule has 0 aliphatic carbocycles. The minimum atomic E-state index is -1.13. The number of aliphatic hydroxyl groups excluding tert-OH is 1. The predicted molar refractivity (Wildman–Crippen MR) is 190 cm³/mol. The first-order valence-corrected chi connectivity index (χ1v) is 17.0. The van der Waals surface area contributed by atoms with E-state index < -0.39 is 18.2 Å². The van der Waals surface area contributed by atoms with E-state index in [2.05, 4.69) is 44.4 Å². The van der Waals surface area contributed by atoms with Gasteiger partial charge in [-0.3, -0.25) is 0 Å². The largest absolute Gasteiger partial charge is 0.497 e. The Kier molecular flexibility index (Phi) is 18.2. The van der Waals surface area contributed by atoms with Gasteiger partial charge in [0.2, 0.25) is 0 Å². The first-order chi connectivity index (χ1) is 23.6. The third-order valence-electron chi connectivity index (χ3n) is 8.30. The van der Waals surface area contributed by atoms with Crippen LogP contribution in [-0.4, -0.2) is 80.4 Å². The van der Waals surface area contributed by atoms with E-state index in [9.17, 15) is 9.90 Å². The second kappa shape index (κ2) is 22.3. The van der Waals surface area contributed by atoms with Crippen LogP contribution in [-0.2, 0) is 35.1 Å². The molecule has 49 heavy (non-hydrogen) atoms. The molecule has 3 rings (SSSR count). The minimum absolute atomic E-state index is 0.0467. The van der Waals surface area contributed by atoms with Gasteiger partial charge in [-0.25, -0.2) is 4.79 Å². The standard InChI is InChI=1S/C40H54O9/c1-29-21-22-46-36(24-29)19-20-39(47-27-32-15-17-33(45-5)18-16-32)38(41)13-7-11-35(48-28-44-4)25-30(2)23-31(3)26-37-12-6-9-34(49-37)10-8-14-40(42)43/h6-7,9,11,15-21,31,34-39,41H,2,10,12-13,22-28H2,1,3-5H3,(H,42,43)/b11-7+,20-19+/t31-,34-,35+,36+,37-,38-,39-/m0/s1. The lowest BCUT2D eigenvalue weighted by Gasteiger charge is -2.27. The molecular weight excluding hydrogens is 624 g/mol. The average molecular weight is 679 g/mol. The maximum absolute atomic E-state index is 11.3. The lowest BCUT2D eigenvalue weighted by atomic mass is 9.91. The number of carbonyl (C=O) groups is 1. The van der Waals surface area contributed by atoms with E-state index >= 15 is 0 Å². The Bertz CT molecular complexity index is 1330. The van der Waals surface area contributed by atoms with E-state index in [1.807, 2.05) is 54.6 Å². The van der Waals surface area contributed by atoms with E-state index in [4.69, 9.17) is 33.5 Å². The molecule has 2 aliphatic heterocycles. The van der Waals surface area contributed by atoms with Crippen LogP contribution in [0.3, 0.4) is 0 Å². The fourth-order valence-electron chi connectivity index (χ4n) is 5.80. The number of hydrogen-bond acceptors (Lipinski definition) is 8. The number of carboxylic acids is 1.